The molecule has 4 aromatic rings. The van der Waals surface area contributed by atoms with Gasteiger partial charge < -0.3 is 16.4 Å². The zero-order valence-corrected chi connectivity index (χ0v) is 19.0. The van der Waals surface area contributed by atoms with Gasteiger partial charge in [0.1, 0.15) is 11.9 Å². The van der Waals surface area contributed by atoms with Gasteiger partial charge in [-0.1, -0.05) is 12.1 Å². The first-order chi connectivity index (χ1) is 17.0. The van der Waals surface area contributed by atoms with Gasteiger partial charge in [0.15, 0.2) is 0 Å². The summed E-state index contributed by atoms with van der Waals surface area (Å²) in [6, 6.07) is 11.7. The van der Waals surface area contributed by atoms with E-state index in [1.165, 1.54) is 12.1 Å². The van der Waals surface area contributed by atoms with Gasteiger partial charge >= 0.3 is 0 Å². The van der Waals surface area contributed by atoms with Crippen molar-refractivity contribution in [3.8, 4) is 28.5 Å². The fourth-order valence-corrected chi connectivity index (χ4v) is 4.43. The Morgan fingerprint density at radius 2 is 1.94 bits per heavy atom. The maximum absolute atomic E-state index is 14.6. The second-order valence-corrected chi connectivity index (χ2v) is 8.70. The molecule has 0 saturated carbocycles. The average molecular weight is 473 g/mol. The lowest BCUT2D eigenvalue weighted by atomic mass is 9.98. The van der Waals surface area contributed by atoms with Gasteiger partial charge in [0, 0.05) is 42.8 Å². The van der Waals surface area contributed by atoms with Crippen LogP contribution in [0.4, 0.5) is 10.3 Å². The smallest absolute Gasteiger partial charge is 0.260 e. The van der Waals surface area contributed by atoms with Crippen molar-refractivity contribution in [2.45, 2.75) is 25.4 Å². The van der Waals surface area contributed by atoms with E-state index in [1.807, 2.05) is 29.3 Å². The van der Waals surface area contributed by atoms with E-state index in [2.05, 4.69) is 10.1 Å². The Hall–Kier alpha value is -4.07. The molecule has 0 radical (unpaired) electrons. The van der Waals surface area contributed by atoms with Gasteiger partial charge in [0.2, 0.25) is 5.95 Å². The van der Waals surface area contributed by atoms with E-state index in [0.29, 0.717) is 54.5 Å². The van der Waals surface area contributed by atoms with Crippen LogP contribution in [0.1, 0.15) is 18.4 Å². The van der Waals surface area contributed by atoms with Crippen molar-refractivity contribution < 1.29 is 4.39 Å². The molecular formula is C25H25FN8O. The number of fused-ring (bicyclic) bond motifs is 1. The number of nitrogens with zero attached hydrogens (tertiary/aromatic N) is 5. The summed E-state index contributed by atoms with van der Waals surface area (Å²) < 4.78 is 16.3. The lowest BCUT2D eigenvalue weighted by Crippen LogP contribution is -2.41. The molecule has 0 aliphatic carbocycles. The predicted octanol–water partition coefficient (Wildman–Crippen LogP) is 2.35. The molecule has 2 aromatic carbocycles. The number of anilines is 1. The first kappa shape index (κ1) is 22.7. The third kappa shape index (κ3) is 4.39. The van der Waals surface area contributed by atoms with E-state index >= 15 is 0 Å². The molecule has 5 rings (SSSR count). The summed E-state index contributed by atoms with van der Waals surface area (Å²) in [5.74, 6) is -0.246. The molecule has 0 spiro atoms. The van der Waals surface area contributed by atoms with Crippen LogP contribution in [0.15, 0.2) is 47.4 Å². The maximum Gasteiger partial charge on any atom is 0.260 e. The molecule has 9 nitrogen and oxygen atoms in total. The molecule has 1 saturated heterocycles. The number of hydrogen-bond donors (Lipinski definition) is 3. The van der Waals surface area contributed by atoms with Crippen LogP contribution in [0, 0.1) is 17.1 Å². The second kappa shape index (κ2) is 9.29. The van der Waals surface area contributed by atoms with Crippen molar-refractivity contribution in [3.63, 3.8) is 0 Å². The van der Waals surface area contributed by atoms with Gasteiger partial charge in [-0.15, -0.1) is 0 Å². The number of rotatable bonds is 5. The summed E-state index contributed by atoms with van der Waals surface area (Å²) in [5.41, 5.74) is 13.8. The minimum Gasteiger partial charge on any atom is -0.342 e. The standard InChI is InChI=1S/C25H25FN8O/c26-20-12-16(1-2-17(20)13-28)23-22(15-3-4-21-18(11-15)14-34(32-21)10-7-27)24(35)31-25(30-23)33-8-5-19(29)6-9-33/h1-4,11-12,14,19H,5-10,27,29H2,(H,30,31,35). The van der Waals surface area contributed by atoms with Crippen molar-refractivity contribution in [2.75, 3.05) is 24.5 Å². The van der Waals surface area contributed by atoms with Gasteiger partial charge in [-0.05, 0) is 42.7 Å². The second-order valence-electron chi connectivity index (χ2n) is 8.70. The highest BCUT2D eigenvalue weighted by Crippen LogP contribution is 2.32. The molecule has 0 bridgehead atoms. The monoisotopic (exact) mass is 472 g/mol. The zero-order chi connectivity index (χ0) is 24.5. The van der Waals surface area contributed by atoms with E-state index in [4.69, 9.17) is 21.7 Å². The minimum atomic E-state index is -0.665. The number of halogens is 1. The quantitative estimate of drug-likeness (QED) is 0.405. The SMILES string of the molecule is N#Cc1ccc(-c2nc(N3CCC(N)CC3)[nH]c(=O)c2-c2ccc3nn(CCN)cc3c2)cc1F. The van der Waals surface area contributed by atoms with Gasteiger partial charge in [0.25, 0.3) is 5.56 Å². The molecule has 3 heterocycles. The fourth-order valence-electron chi connectivity index (χ4n) is 4.43. The van der Waals surface area contributed by atoms with Crippen LogP contribution < -0.4 is 21.9 Å². The molecule has 0 amide bonds. The summed E-state index contributed by atoms with van der Waals surface area (Å²) in [7, 11) is 0. The topological polar surface area (TPSA) is 143 Å². The first-order valence-corrected chi connectivity index (χ1v) is 11.5. The molecule has 10 heteroatoms. The van der Waals surface area contributed by atoms with E-state index in [9.17, 15) is 9.18 Å². The van der Waals surface area contributed by atoms with Crippen molar-refractivity contribution in [1.29, 1.82) is 5.26 Å². The largest absolute Gasteiger partial charge is 0.342 e. The first-order valence-electron chi connectivity index (χ1n) is 11.5. The summed E-state index contributed by atoms with van der Waals surface area (Å²) >= 11 is 0. The molecule has 5 N–H and O–H groups in total. The highest BCUT2D eigenvalue weighted by atomic mass is 19.1. The number of nitrogens with two attached hydrogens (primary N) is 2. The van der Waals surface area contributed by atoms with Crippen molar-refractivity contribution in [1.82, 2.24) is 19.7 Å². The van der Waals surface area contributed by atoms with Crippen molar-refractivity contribution >= 4 is 16.9 Å². The van der Waals surface area contributed by atoms with Crippen LogP contribution >= 0.6 is 0 Å². The Morgan fingerprint density at radius 3 is 2.66 bits per heavy atom. The molecule has 1 fully saturated rings. The number of nitriles is 1. The summed E-state index contributed by atoms with van der Waals surface area (Å²) in [6.07, 6.45) is 3.45. The Bertz CT molecular complexity index is 1490. The molecule has 35 heavy (non-hydrogen) atoms. The summed E-state index contributed by atoms with van der Waals surface area (Å²) in [5, 5.41) is 14.5. The van der Waals surface area contributed by atoms with Gasteiger partial charge in [-0.2, -0.15) is 10.4 Å². The van der Waals surface area contributed by atoms with Crippen LogP contribution in [0.2, 0.25) is 0 Å². The fraction of sp³-hybridized carbons (Fsp3) is 0.280. The molecule has 1 aliphatic rings. The highest BCUT2D eigenvalue weighted by Gasteiger charge is 2.22. The van der Waals surface area contributed by atoms with Gasteiger partial charge in [-0.3, -0.25) is 14.5 Å². The van der Waals surface area contributed by atoms with Crippen LogP contribution in [-0.2, 0) is 6.54 Å². The van der Waals surface area contributed by atoms with Crippen molar-refractivity contribution in [2.24, 2.45) is 11.5 Å². The lowest BCUT2D eigenvalue weighted by Gasteiger charge is -2.30. The number of nitrogens with one attached hydrogen (secondary N) is 1. The van der Waals surface area contributed by atoms with E-state index in [1.54, 1.807) is 16.8 Å². The molecule has 2 aromatic heterocycles. The Morgan fingerprint density at radius 1 is 1.17 bits per heavy atom. The van der Waals surface area contributed by atoms with Crippen LogP contribution in [0.5, 0.6) is 0 Å². The number of piperidine rings is 1. The number of aromatic amines is 1. The molecule has 0 atom stereocenters. The van der Waals surface area contributed by atoms with Crippen LogP contribution in [0.25, 0.3) is 33.3 Å². The molecular weight excluding hydrogens is 447 g/mol. The number of benzene rings is 2. The van der Waals surface area contributed by atoms with E-state index in [-0.39, 0.29) is 17.2 Å². The molecule has 178 valence electrons. The third-order valence-corrected chi connectivity index (χ3v) is 6.31. The van der Waals surface area contributed by atoms with Crippen molar-refractivity contribution in [3.05, 3.63) is 64.3 Å². The van der Waals surface area contributed by atoms with E-state index in [0.717, 1.165) is 23.7 Å². The highest BCUT2D eigenvalue weighted by molar-refractivity contribution is 5.88. The van der Waals surface area contributed by atoms with Crippen LogP contribution in [0.3, 0.4) is 0 Å². The number of aromatic nitrogens is 4. The lowest BCUT2D eigenvalue weighted by molar-refractivity contribution is 0.495. The average Bonchev–Trinajstić information content (AvgIpc) is 3.26. The van der Waals surface area contributed by atoms with E-state index < -0.39 is 5.82 Å². The Balaban J connectivity index is 1.67. The molecule has 1 aliphatic heterocycles. The van der Waals surface area contributed by atoms with Gasteiger partial charge in [0.05, 0.1) is 28.9 Å². The molecule has 0 unspecified atom stereocenters. The van der Waals surface area contributed by atoms with Crippen LogP contribution in [-0.4, -0.2) is 45.4 Å². The normalized spacial score (nSPS) is 14.4. The Kier molecular flexibility index (Phi) is 6.03. The zero-order valence-electron chi connectivity index (χ0n) is 19.0. The van der Waals surface area contributed by atoms with Gasteiger partial charge in [-0.25, -0.2) is 9.37 Å². The third-order valence-electron chi connectivity index (χ3n) is 6.31. The summed E-state index contributed by atoms with van der Waals surface area (Å²) in [4.78, 5) is 23.1. The number of hydrogen-bond acceptors (Lipinski definition) is 7. The predicted molar refractivity (Wildman–Crippen MR) is 132 cm³/mol. The number of H-pyrrole nitrogens is 1. The minimum absolute atomic E-state index is 0.0703. The summed E-state index contributed by atoms with van der Waals surface area (Å²) in [6.45, 7) is 2.37. The maximum atomic E-state index is 14.6. The Labute approximate surface area is 200 Å².